The molecule has 0 aromatic heterocycles. The van der Waals surface area contributed by atoms with Gasteiger partial charge in [-0.15, -0.1) is 0 Å². The Labute approximate surface area is 111 Å². The maximum atomic E-state index is 3.58. The van der Waals surface area contributed by atoms with Crippen LogP contribution in [0.15, 0.2) is 29.8 Å². The van der Waals surface area contributed by atoms with E-state index >= 15 is 0 Å². The molecule has 1 aliphatic carbocycles. The second kappa shape index (κ2) is 6.75. The molecule has 0 atom stereocenters. The summed E-state index contributed by atoms with van der Waals surface area (Å²) in [7, 11) is 0. The van der Waals surface area contributed by atoms with Crippen LogP contribution < -0.4 is 5.32 Å². The fourth-order valence-corrected chi connectivity index (χ4v) is 2.59. The van der Waals surface area contributed by atoms with Crippen molar-refractivity contribution in [2.45, 2.75) is 52.5 Å². The minimum atomic E-state index is 1.00. The van der Waals surface area contributed by atoms with Crippen molar-refractivity contribution in [3.8, 4) is 0 Å². The van der Waals surface area contributed by atoms with Gasteiger partial charge in [-0.1, -0.05) is 35.4 Å². The summed E-state index contributed by atoms with van der Waals surface area (Å²) >= 11 is 0. The molecule has 0 fully saturated rings. The molecule has 1 N–H and O–H groups in total. The molecule has 1 nitrogen and oxygen atoms in total. The lowest BCUT2D eigenvalue weighted by Gasteiger charge is -2.13. The van der Waals surface area contributed by atoms with Gasteiger partial charge < -0.3 is 5.32 Å². The molecule has 18 heavy (non-hydrogen) atoms. The van der Waals surface area contributed by atoms with Gasteiger partial charge in [0.2, 0.25) is 0 Å². The highest BCUT2D eigenvalue weighted by molar-refractivity contribution is 5.30. The van der Waals surface area contributed by atoms with Crippen LogP contribution >= 0.6 is 0 Å². The fourth-order valence-electron chi connectivity index (χ4n) is 2.59. The third-order valence-electron chi connectivity index (χ3n) is 3.83. The number of rotatable bonds is 5. The molecule has 0 amide bonds. The fraction of sp³-hybridized carbons (Fsp3) is 0.529. The molecule has 1 heteroatoms. The minimum absolute atomic E-state index is 1.00. The highest BCUT2D eigenvalue weighted by Gasteiger charge is 2.03. The zero-order chi connectivity index (χ0) is 12.8. The topological polar surface area (TPSA) is 12.0 Å². The Hall–Kier alpha value is -1.08. The summed E-state index contributed by atoms with van der Waals surface area (Å²) in [5, 5.41) is 3.58. The van der Waals surface area contributed by atoms with Gasteiger partial charge in [-0.25, -0.2) is 0 Å². The first-order chi connectivity index (χ1) is 8.75. The molecular formula is C17H25N. The molecule has 0 saturated heterocycles. The number of hydrogen-bond acceptors (Lipinski definition) is 1. The zero-order valence-corrected chi connectivity index (χ0v) is 11.8. The van der Waals surface area contributed by atoms with Crippen molar-refractivity contribution in [2.24, 2.45) is 0 Å². The smallest absolute Gasteiger partial charge is 0.0208 e. The summed E-state index contributed by atoms with van der Waals surface area (Å²) in [4.78, 5) is 0. The Bertz CT molecular complexity index is 418. The normalized spacial score (nSPS) is 15.6. The molecule has 1 aromatic rings. The van der Waals surface area contributed by atoms with Crippen molar-refractivity contribution < 1.29 is 0 Å². The van der Waals surface area contributed by atoms with Gasteiger partial charge in [-0.3, -0.25) is 0 Å². The van der Waals surface area contributed by atoms with Crippen LogP contribution in [0.1, 0.15) is 48.8 Å². The van der Waals surface area contributed by atoms with Gasteiger partial charge in [0.15, 0.2) is 0 Å². The van der Waals surface area contributed by atoms with Crippen LogP contribution in [0, 0.1) is 13.8 Å². The second-order valence-corrected chi connectivity index (χ2v) is 5.46. The van der Waals surface area contributed by atoms with Crippen LogP contribution in [0.3, 0.4) is 0 Å². The molecule has 2 rings (SSSR count). The lowest BCUT2D eigenvalue weighted by molar-refractivity contribution is 0.631. The summed E-state index contributed by atoms with van der Waals surface area (Å²) in [6.07, 6.45) is 9.08. The summed E-state index contributed by atoms with van der Waals surface area (Å²) in [6, 6.07) is 6.70. The van der Waals surface area contributed by atoms with E-state index in [1.54, 1.807) is 5.57 Å². The van der Waals surface area contributed by atoms with E-state index < -0.39 is 0 Å². The standard InChI is InChI=1S/C17H25N/c1-14-8-9-15(2)17(12-14)13-18-11-10-16-6-4-3-5-7-16/h6,8-9,12,18H,3-5,7,10-11,13H2,1-2H3. The van der Waals surface area contributed by atoms with E-state index in [0.29, 0.717) is 0 Å². The zero-order valence-electron chi connectivity index (χ0n) is 11.8. The number of nitrogens with one attached hydrogen (secondary N) is 1. The van der Waals surface area contributed by atoms with Gasteiger partial charge in [0.25, 0.3) is 0 Å². The van der Waals surface area contributed by atoms with Crippen LogP contribution in [0.2, 0.25) is 0 Å². The van der Waals surface area contributed by atoms with E-state index in [2.05, 4.69) is 43.4 Å². The predicted molar refractivity (Wildman–Crippen MR) is 78.8 cm³/mol. The van der Waals surface area contributed by atoms with E-state index in [4.69, 9.17) is 0 Å². The van der Waals surface area contributed by atoms with Crippen molar-refractivity contribution in [2.75, 3.05) is 6.54 Å². The summed E-state index contributed by atoms with van der Waals surface area (Å²) in [5.74, 6) is 0. The van der Waals surface area contributed by atoms with Crippen molar-refractivity contribution in [1.29, 1.82) is 0 Å². The Kier molecular flexibility index (Phi) is 5.00. The van der Waals surface area contributed by atoms with Gasteiger partial charge in [-0.05, 0) is 63.6 Å². The number of allylic oxidation sites excluding steroid dienone is 1. The van der Waals surface area contributed by atoms with E-state index in [1.165, 1.54) is 48.8 Å². The van der Waals surface area contributed by atoms with Crippen LogP contribution in [-0.4, -0.2) is 6.54 Å². The van der Waals surface area contributed by atoms with Crippen LogP contribution in [0.5, 0.6) is 0 Å². The number of benzene rings is 1. The monoisotopic (exact) mass is 243 g/mol. The molecular weight excluding hydrogens is 218 g/mol. The average Bonchev–Trinajstić information content (AvgIpc) is 2.40. The van der Waals surface area contributed by atoms with Crippen LogP contribution in [-0.2, 0) is 6.54 Å². The third-order valence-corrected chi connectivity index (χ3v) is 3.83. The van der Waals surface area contributed by atoms with Crippen molar-refractivity contribution in [3.05, 3.63) is 46.5 Å². The highest BCUT2D eigenvalue weighted by Crippen LogP contribution is 2.19. The van der Waals surface area contributed by atoms with E-state index in [0.717, 1.165) is 13.1 Å². The van der Waals surface area contributed by atoms with Crippen molar-refractivity contribution >= 4 is 0 Å². The molecule has 1 aromatic carbocycles. The predicted octanol–water partition coefficient (Wildman–Crippen LogP) is 4.28. The maximum Gasteiger partial charge on any atom is 0.0208 e. The molecule has 0 unspecified atom stereocenters. The van der Waals surface area contributed by atoms with Gasteiger partial charge in [0, 0.05) is 6.54 Å². The molecule has 0 aliphatic heterocycles. The molecule has 0 radical (unpaired) electrons. The van der Waals surface area contributed by atoms with Gasteiger partial charge in [0.05, 0.1) is 0 Å². The first-order valence-electron chi connectivity index (χ1n) is 7.20. The molecule has 0 heterocycles. The van der Waals surface area contributed by atoms with Gasteiger partial charge in [-0.2, -0.15) is 0 Å². The molecule has 1 aliphatic rings. The highest BCUT2D eigenvalue weighted by atomic mass is 14.8. The number of aryl methyl sites for hydroxylation is 2. The lowest BCUT2D eigenvalue weighted by atomic mass is 9.97. The summed E-state index contributed by atoms with van der Waals surface area (Å²) in [5.41, 5.74) is 5.85. The second-order valence-electron chi connectivity index (χ2n) is 5.46. The quantitative estimate of drug-likeness (QED) is 0.601. The Morgan fingerprint density at radius 2 is 2.06 bits per heavy atom. The third kappa shape index (κ3) is 3.99. The molecule has 0 saturated carbocycles. The molecule has 0 bridgehead atoms. The van der Waals surface area contributed by atoms with Gasteiger partial charge >= 0.3 is 0 Å². The van der Waals surface area contributed by atoms with E-state index in [-0.39, 0.29) is 0 Å². The first kappa shape index (κ1) is 13.4. The maximum absolute atomic E-state index is 3.58. The van der Waals surface area contributed by atoms with E-state index in [1.807, 2.05) is 0 Å². The Morgan fingerprint density at radius 3 is 2.83 bits per heavy atom. The van der Waals surface area contributed by atoms with Crippen molar-refractivity contribution in [3.63, 3.8) is 0 Å². The minimum Gasteiger partial charge on any atom is -0.312 e. The molecule has 0 spiro atoms. The van der Waals surface area contributed by atoms with Crippen LogP contribution in [0.25, 0.3) is 0 Å². The van der Waals surface area contributed by atoms with E-state index in [9.17, 15) is 0 Å². The first-order valence-corrected chi connectivity index (χ1v) is 7.20. The largest absolute Gasteiger partial charge is 0.312 e. The van der Waals surface area contributed by atoms with Gasteiger partial charge in [0.1, 0.15) is 0 Å². The van der Waals surface area contributed by atoms with Crippen LogP contribution in [0.4, 0.5) is 0 Å². The Morgan fingerprint density at radius 1 is 1.17 bits per heavy atom. The molecule has 98 valence electrons. The number of hydrogen-bond donors (Lipinski definition) is 1. The van der Waals surface area contributed by atoms with Crippen molar-refractivity contribution in [1.82, 2.24) is 5.32 Å². The summed E-state index contributed by atoms with van der Waals surface area (Å²) < 4.78 is 0. The lowest BCUT2D eigenvalue weighted by Crippen LogP contribution is -2.16. The SMILES string of the molecule is Cc1ccc(C)c(CNCCC2=CCCCC2)c1. The Balaban J connectivity index is 1.74. The summed E-state index contributed by atoms with van der Waals surface area (Å²) in [6.45, 7) is 6.47. The average molecular weight is 243 g/mol.